The van der Waals surface area contributed by atoms with Gasteiger partial charge in [0.05, 0.1) is 16.8 Å². The van der Waals surface area contributed by atoms with Crippen molar-refractivity contribution < 1.29 is 13.5 Å². The van der Waals surface area contributed by atoms with Crippen LogP contribution in [0.2, 0.25) is 0 Å². The van der Waals surface area contributed by atoms with Gasteiger partial charge in [-0.25, -0.2) is 8.42 Å². The average Bonchev–Trinajstić information content (AvgIpc) is 2.93. The second-order valence-electron chi connectivity index (χ2n) is 3.98. The Morgan fingerprint density at radius 2 is 1.87 bits per heavy atom. The highest BCUT2D eigenvalue weighted by molar-refractivity contribution is 7.91. The van der Waals surface area contributed by atoms with Gasteiger partial charge in [-0.2, -0.15) is 0 Å². The van der Waals surface area contributed by atoms with E-state index in [9.17, 15) is 8.42 Å². The number of sulfone groups is 1. The number of hydrogen-bond acceptors (Lipinski definition) is 3. The van der Waals surface area contributed by atoms with Crippen molar-refractivity contribution in [3.8, 4) is 0 Å². The first-order chi connectivity index (χ1) is 7.09. The Morgan fingerprint density at radius 1 is 1.27 bits per heavy atom. The minimum absolute atomic E-state index is 0.138. The maximum atomic E-state index is 11.8. The van der Waals surface area contributed by atoms with Crippen molar-refractivity contribution in [2.24, 2.45) is 5.92 Å². The summed E-state index contributed by atoms with van der Waals surface area (Å²) in [5, 5.41) is 9.10. The molecule has 0 amide bonds. The van der Waals surface area contributed by atoms with E-state index in [1.54, 1.807) is 30.3 Å². The van der Waals surface area contributed by atoms with E-state index in [2.05, 4.69) is 0 Å². The summed E-state index contributed by atoms with van der Waals surface area (Å²) in [6.07, 6.45) is 1.05. The second-order valence-corrected chi connectivity index (χ2v) is 6.09. The number of rotatable bonds is 4. The highest BCUT2D eigenvalue weighted by Crippen LogP contribution is 2.34. The van der Waals surface area contributed by atoms with Crippen LogP contribution in [0.4, 0.5) is 0 Å². The fourth-order valence-corrected chi connectivity index (χ4v) is 3.01. The van der Waals surface area contributed by atoms with Crippen molar-refractivity contribution in [3.05, 3.63) is 30.3 Å². The predicted octanol–water partition coefficient (Wildman–Crippen LogP) is 1.23. The largest absolute Gasteiger partial charge is 0.393 e. The maximum absolute atomic E-state index is 11.8. The fraction of sp³-hybridized carbons (Fsp3) is 0.455. The van der Waals surface area contributed by atoms with Crippen LogP contribution in [-0.4, -0.2) is 25.4 Å². The fourth-order valence-electron chi connectivity index (χ4n) is 1.59. The molecular formula is C11H14O3S. The van der Waals surface area contributed by atoms with Crippen LogP contribution in [0.15, 0.2) is 35.2 Å². The second kappa shape index (κ2) is 3.94. The maximum Gasteiger partial charge on any atom is 0.178 e. The number of aliphatic hydroxyl groups is 1. The first-order valence-electron chi connectivity index (χ1n) is 5.05. The molecule has 0 aromatic heterocycles. The smallest absolute Gasteiger partial charge is 0.178 e. The van der Waals surface area contributed by atoms with Gasteiger partial charge in [0.2, 0.25) is 0 Å². The predicted molar refractivity (Wildman–Crippen MR) is 57.2 cm³/mol. The standard InChI is InChI=1S/C11H14O3S/c12-11-8-9(11)6-7-15(13,14)10-4-2-1-3-5-10/h1-5,9,11-12H,6-8H2/t9-,11+/m0/s1. The first kappa shape index (κ1) is 10.6. The third-order valence-corrected chi connectivity index (χ3v) is 4.51. The minimum atomic E-state index is -3.15. The highest BCUT2D eigenvalue weighted by atomic mass is 32.2. The van der Waals surface area contributed by atoms with Gasteiger partial charge in [0.25, 0.3) is 0 Å². The number of aliphatic hydroxyl groups excluding tert-OH is 1. The summed E-state index contributed by atoms with van der Waals surface area (Å²) in [5.74, 6) is 0.335. The summed E-state index contributed by atoms with van der Waals surface area (Å²) in [7, 11) is -3.15. The molecule has 1 aromatic rings. The molecule has 1 N–H and O–H groups in total. The van der Waals surface area contributed by atoms with E-state index in [1.807, 2.05) is 0 Å². The average molecular weight is 226 g/mol. The molecule has 0 unspecified atom stereocenters. The molecule has 82 valence electrons. The molecule has 3 nitrogen and oxygen atoms in total. The molecule has 1 saturated carbocycles. The summed E-state index contributed by atoms with van der Waals surface area (Å²) in [6, 6.07) is 8.46. The molecule has 2 atom stereocenters. The molecule has 1 aromatic carbocycles. The summed E-state index contributed by atoms with van der Waals surface area (Å²) in [4.78, 5) is 0.375. The Labute approximate surface area is 89.7 Å². The van der Waals surface area contributed by atoms with Crippen LogP contribution < -0.4 is 0 Å². The van der Waals surface area contributed by atoms with E-state index in [0.29, 0.717) is 11.3 Å². The van der Waals surface area contributed by atoms with Crippen LogP contribution in [0.1, 0.15) is 12.8 Å². The van der Waals surface area contributed by atoms with Crippen molar-refractivity contribution in [1.29, 1.82) is 0 Å². The summed E-state index contributed by atoms with van der Waals surface area (Å²) < 4.78 is 23.6. The molecule has 0 aliphatic heterocycles. The van der Waals surface area contributed by atoms with Crippen LogP contribution in [0.25, 0.3) is 0 Å². The molecular weight excluding hydrogens is 212 g/mol. The zero-order valence-electron chi connectivity index (χ0n) is 8.33. The van der Waals surface area contributed by atoms with E-state index < -0.39 is 9.84 Å². The lowest BCUT2D eigenvalue weighted by atomic mass is 10.3. The third-order valence-electron chi connectivity index (χ3n) is 2.74. The SMILES string of the molecule is O=S(=O)(CC[C@H]1C[C@H]1O)c1ccccc1. The normalized spacial score (nSPS) is 25.1. The molecule has 15 heavy (non-hydrogen) atoms. The van der Waals surface area contributed by atoms with Gasteiger partial charge >= 0.3 is 0 Å². The van der Waals surface area contributed by atoms with Crippen molar-refractivity contribution >= 4 is 9.84 Å². The van der Waals surface area contributed by atoms with E-state index in [-0.39, 0.29) is 17.8 Å². The molecule has 0 heterocycles. The Kier molecular flexibility index (Phi) is 2.80. The van der Waals surface area contributed by atoms with Gasteiger partial charge in [-0.1, -0.05) is 18.2 Å². The lowest BCUT2D eigenvalue weighted by molar-refractivity contribution is 0.258. The highest BCUT2D eigenvalue weighted by Gasteiger charge is 2.35. The Hall–Kier alpha value is -0.870. The molecule has 1 aliphatic rings. The van der Waals surface area contributed by atoms with Crippen molar-refractivity contribution in [1.82, 2.24) is 0 Å². The zero-order valence-corrected chi connectivity index (χ0v) is 9.15. The molecule has 0 spiro atoms. The monoisotopic (exact) mass is 226 g/mol. The van der Waals surface area contributed by atoms with Crippen molar-refractivity contribution in [3.63, 3.8) is 0 Å². The van der Waals surface area contributed by atoms with E-state index >= 15 is 0 Å². The van der Waals surface area contributed by atoms with Crippen LogP contribution in [-0.2, 0) is 9.84 Å². The Balaban J connectivity index is 2.01. The van der Waals surface area contributed by atoms with Crippen molar-refractivity contribution in [2.75, 3.05) is 5.75 Å². The molecule has 2 rings (SSSR count). The van der Waals surface area contributed by atoms with E-state index in [1.165, 1.54) is 0 Å². The van der Waals surface area contributed by atoms with Crippen LogP contribution >= 0.6 is 0 Å². The van der Waals surface area contributed by atoms with Crippen LogP contribution in [0.5, 0.6) is 0 Å². The first-order valence-corrected chi connectivity index (χ1v) is 6.71. The van der Waals surface area contributed by atoms with Gasteiger partial charge in [-0.3, -0.25) is 0 Å². The van der Waals surface area contributed by atoms with Gasteiger partial charge in [0, 0.05) is 0 Å². The van der Waals surface area contributed by atoms with Crippen molar-refractivity contribution in [2.45, 2.75) is 23.8 Å². The molecule has 4 heteroatoms. The quantitative estimate of drug-likeness (QED) is 0.840. The van der Waals surface area contributed by atoms with E-state index in [4.69, 9.17) is 5.11 Å². The summed E-state index contributed by atoms with van der Waals surface area (Å²) >= 11 is 0. The molecule has 0 saturated heterocycles. The summed E-state index contributed by atoms with van der Waals surface area (Å²) in [5.41, 5.74) is 0. The number of benzene rings is 1. The van der Waals surface area contributed by atoms with Gasteiger partial charge in [-0.15, -0.1) is 0 Å². The van der Waals surface area contributed by atoms with Gasteiger partial charge in [0.1, 0.15) is 0 Å². The lowest BCUT2D eigenvalue weighted by Crippen LogP contribution is -2.08. The molecule has 0 bridgehead atoms. The molecule has 1 aliphatic carbocycles. The molecule has 1 fully saturated rings. The van der Waals surface area contributed by atoms with Gasteiger partial charge < -0.3 is 5.11 Å². The Morgan fingerprint density at radius 3 is 2.40 bits per heavy atom. The lowest BCUT2D eigenvalue weighted by Gasteiger charge is -2.02. The van der Waals surface area contributed by atoms with Gasteiger partial charge in [-0.05, 0) is 30.9 Å². The Bertz CT molecular complexity index is 424. The van der Waals surface area contributed by atoms with Crippen LogP contribution in [0.3, 0.4) is 0 Å². The van der Waals surface area contributed by atoms with Crippen LogP contribution in [0, 0.1) is 5.92 Å². The zero-order chi connectivity index (χ0) is 10.9. The minimum Gasteiger partial charge on any atom is -0.393 e. The topological polar surface area (TPSA) is 54.4 Å². The third kappa shape index (κ3) is 2.58. The van der Waals surface area contributed by atoms with E-state index in [0.717, 1.165) is 6.42 Å². The number of hydrogen-bond donors (Lipinski definition) is 1. The molecule has 0 radical (unpaired) electrons. The van der Waals surface area contributed by atoms with Gasteiger partial charge in [0.15, 0.2) is 9.84 Å². The summed E-state index contributed by atoms with van der Waals surface area (Å²) in [6.45, 7) is 0.